The zero-order chi connectivity index (χ0) is 14.0. The van der Waals surface area contributed by atoms with Crippen molar-refractivity contribution < 1.29 is 13.8 Å². The molecule has 0 bridgehead atoms. The summed E-state index contributed by atoms with van der Waals surface area (Å²) in [4.78, 5) is 26.2. The van der Waals surface area contributed by atoms with Gasteiger partial charge in [-0.1, -0.05) is 6.92 Å². The topological polar surface area (TPSA) is 66.5 Å². The summed E-state index contributed by atoms with van der Waals surface area (Å²) in [6.45, 7) is 4.20. The van der Waals surface area contributed by atoms with E-state index >= 15 is 0 Å². The molecule has 2 heterocycles. The lowest BCUT2D eigenvalue weighted by molar-refractivity contribution is -0.140. The lowest BCUT2D eigenvalue weighted by Gasteiger charge is -2.37. The Hall–Kier alpha value is -0.910. The highest BCUT2D eigenvalue weighted by Crippen LogP contribution is 2.24. The molecule has 2 aliphatic rings. The summed E-state index contributed by atoms with van der Waals surface area (Å²) >= 11 is 0. The molecule has 108 valence electrons. The van der Waals surface area contributed by atoms with E-state index in [2.05, 4.69) is 5.32 Å². The van der Waals surface area contributed by atoms with Crippen molar-refractivity contribution in [2.45, 2.75) is 51.1 Å². The first kappa shape index (κ1) is 14.5. The Morgan fingerprint density at radius 2 is 2.00 bits per heavy atom. The van der Waals surface area contributed by atoms with E-state index in [1.165, 1.54) is 0 Å². The first-order chi connectivity index (χ1) is 8.96. The molecule has 2 aliphatic heterocycles. The molecule has 5 nitrogen and oxygen atoms in total. The summed E-state index contributed by atoms with van der Waals surface area (Å²) in [6.07, 6.45) is 2.52. The van der Waals surface area contributed by atoms with Crippen molar-refractivity contribution in [2.75, 3.05) is 18.1 Å². The van der Waals surface area contributed by atoms with Gasteiger partial charge in [0.2, 0.25) is 11.8 Å². The number of hydrogen-bond donors (Lipinski definition) is 1. The molecule has 0 aliphatic carbocycles. The smallest absolute Gasteiger partial charge is 0.248 e. The molecule has 1 unspecified atom stereocenters. The van der Waals surface area contributed by atoms with Gasteiger partial charge in [-0.3, -0.25) is 13.8 Å². The third-order valence-corrected chi connectivity index (χ3v) is 5.62. The Labute approximate surface area is 116 Å². The van der Waals surface area contributed by atoms with E-state index in [0.29, 0.717) is 30.9 Å². The Balaban J connectivity index is 2.17. The van der Waals surface area contributed by atoms with Gasteiger partial charge in [-0.15, -0.1) is 0 Å². The van der Waals surface area contributed by atoms with Gasteiger partial charge in [0.25, 0.3) is 0 Å². The summed E-state index contributed by atoms with van der Waals surface area (Å²) in [5, 5.41) is 2.84. The molecule has 6 heteroatoms. The summed E-state index contributed by atoms with van der Waals surface area (Å²) in [5.74, 6) is 1.29. The number of hydrogen-bond acceptors (Lipinski definition) is 3. The molecule has 0 aromatic carbocycles. The lowest BCUT2D eigenvalue weighted by atomic mass is 9.96. The zero-order valence-corrected chi connectivity index (χ0v) is 12.4. The van der Waals surface area contributed by atoms with Crippen molar-refractivity contribution >= 4 is 22.6 Å². The highest BCUT2D eigenvalue weighted by atomic mass is 32.2. The van der Waals surface area contributed by atoms with Crippen LogP contribution in [0.25, 0.3) is 0 Å². The van der Waals surface area contributed by atoms with Crippen LogP contribution in [0.3, 0.4) is 0 Å². The van der Waals surface area contributed by atoms with E-state index in [4.69, 9.17) is 0 Å². The molecule has 0 aromatic rings. The molecule has 0 radical (unpaired) electrons. The maximum atomic E-state index is 12.7. The van der Waals surface area contributed by atoms with E-state index in [1.807, 2.05) is 11.8 Å². The molecule has 1 N–H and O–H groups in total. The van der Waals surface area contributed by atoms with Gasteiger partial charge in [-0.2, -0.15) is 0 Å². The van der Waals surface area contributed by atoms with Crippen molar-refractivity contribution in [1.29, 1.82) is 0 Å². The Bertz CT molecular complexity index is 403. The maximum Gasteiger partial charge on any atom is 0.248 e. The van der Waals surface area contributed by atoms with Crippen molar-refractivity contribution in [2.24, 2.45) is 0 Å². The third-order valence-electron chi connectivity index (χ3n) is 4.23. The van der Waals surface area contributed by atoms with Crippen LogP contribution in [0.15, 0.2) is 0 Å². The molecule has 2 fully saturated rings. The Morgan fingerprint density at radius 3 is 2.58 bits per heavy atom. The van der Waals surface area contributed by atoms with Crippen LogP contribution in [-0.2, 0) is 20.4 Å². The number of rotatable bonds is 2. The van der Waals surface area contributed by atoms with E-state index in [-0.39, 0.29) is 17.9 Å². The van der Waals surface area contributed by atoms with E-state index < -0.39 is 16.3 Å². The van der Waals surface area contributed by atoms with Crippen molar-refractivity contribution in [1.82, 2.24) is 10.2 Å². The Kier molecular flexibility index (Phi) is 4.28. The predicted molar refractivity (Wildman–Crippen MR) is 74.1 cm³/mol. The van der Waals surface area contributed by atoms with Crippen molar-refractivity contribution in [3.63, 3.8) is 0 Å². The van der Waals surface area contributed by atoms with Crippen LogP contribution in [0.1, 0.15) is 39.5 Å². The fourth-order valence-electron chi connectivity index (χ4n) is 2.75. The summed E-state index contributed by atoms with van der Waals surface area (Å²) in [6, 6.07) is 0.142. The standard InChI is InChI=1S/C13H22N2O3S/c1-3-13(2)12(17)15(7-4-11(16)14-13)10-5-8-19(18)9-6-10/h10H,3-9H2,1-2H3,(H,14,16). The molecule has 0 spiro atoms. The van der Waals surface area contributed by atoms with Crippen LogP contribution < -0.4 is 5.32 Å². The van der Waals surface area contributed by atoms with Gasteiger partial charge < -0.3 is 10.2 Å². The van der Waals surface area contributed by atoms with E-state index in [1.54, 1.807) is 6.92 Å². The number of carbonyl (C=O) groups excluding carboxylic acids is 2. The van der Waals surface area contributed by atoms with Crippen LogP contribution in [0.5, 0.6) is 0 Å². The SMILES string of the molecule is CCC1(C)NC(=O)CCN(C2CCS(=O)CC2)C1=O. The number of nitrogens with one attached hydrogen (secondary N) is 1. The maximum absolute atomic E-state index is 12.7. The van der Waals surface area contributed by atoms with Gasteiger partial charge in [-0.25, -0.2) is 0 Å². The molecular formula is C13H22N2O3S. The second kappa shape index (κ2) is 5.61. The summed E-state index contributed by atoms with van der Waals surface area (Å²) in [5.41, 5.74) is -0.788. The quantitative estimate of drug-likeness (QED) is 0.800. The summed E-state index contributed by atoms with van der Waals surface area (Å²) < 4.78 is 11.4. The minimum atomic E-state index is -0.788. The van der Waals surface area contributed by atoms with Crippen molar-refractivity contribution in [3.8, 4) is 0 Å². The van der Waals surface area contributed by atoms with Gasteiger partial charge >= 0.3 is 0 Å². The number of nitrogens with zero attached hydrogens (tertiary/aromatic N) is 1. The van der Waals surface area contributed by atoms with Gasteiger partial charge in [-0.05, 0) is 26.2 Å². The molecule has 1 atom stereocenters. The van der Waals surface area contributed by atoms with Crippen LogP contribution in [0.2, 0.25) is 0 Å². The highest BCUT2D eigenvalue weighted by Gasteiger charge is 2.41. The molecule has 0 saturated carbocycles. The molecule has 2 saturated heterocycles. The first-order valence-corrected chi connectivity index (χ1v) is 8.42. The van der Waals surface area contributed by atoms with Gasteiger partial charge in [0.05, 0.1) is 0 Å². The minimum absolute atomic E-state index is 0.0125. The molecular weight excluding hydrogens is 264 g/mol. The van der Waals surface area contributed by atoms with Gasteiger partial charge in [0.1, 0.15) is 5.54 Å². The average Bonchev–Trinajstić information content (AvgIpc) is 2.50. The van der Waals surface area contributed by atoms with Crippen LogP contribution in [0, 0.1) is 0 Å². The van der Waals surface area contributed by atoms with E-state index in [0.717, 1.165) is 12.8 Å². The zero-order valence-electron chi connectivity index (χ0n) is 11.6. The average molecular weight is 286 g/mol. The first-order valence-electron chi connectivity index (χ1n) is 6.93. The summed E-state index contributed by atoms with van der Waals surface area (Å²) in [7, 11) is -0.729. The largest absolute Gasteiger partial charge is 0.342 e. The van der Waals surface area contributed by atoms with Crippen LogP contribution in [-0.4, -0.2) is 50.6 Å². The fourth-order valence-corrected chi connectivity index (χ4v) is 4.02. The monoisotopic (exact) mass is 286 g/mol. The number of carbonyl (C=O) groups is 2. The molecule has 19 heavy (non-hydrogen) atoms. The fraction of sp³-hybridized carbons (Fsp3) is 0.846. The molecule has 0 aromatic heterocycles. The third kappa shape index (κ3) is 2.99. The highest BCUT2D eigenvalue weighted by molar-refractivity contribution is 7.85. The normalized spacial score (nSPS) is 36.8. The van der Waals surface area contributed by atoms with E-state index in [9.17, 15) is 13.8 Å². The molecule has 2 rings (SSSR count). The molecule has 2 amide bonds. The predicted octanol–water partition coefficient (Wildman–Crippen LogP) is 0.415. The second-order valence-electron chi connectivity index (χ2n) is 5.56. The second-order valence-corrected chi connectivity index (χ2v) is 7.26. The van der Waals surface area contributed by atoms with Crippen LogP contribution in [0.4, 0.5) is 0 Å². The number of amides is 2. The van der Waals surface area contributed by atoms with Gasteiger partial charge in [0.15, 0.2) is 0 Å². The van der Waals surface area contributed by atoms with Crippen LogP contribution >= 0.6 is 0 Å². The lowest BCUT2D eigenvalue weighted by Crippen LogP contribution is -2.57. The Morgan fingerprint density at radius 1 is 1.37 bits per heavy atom. The van der Waals surface area contributed by atoms with Gasteiger partial charge in [0, 0.05) is 41.3 Å². The van der Waals surface area contributed by atoms with Crippen molar-refractivity contribution in [3.05, 3.63) is 0 Å². The minimum Gasteiger partial charge on any atom is -0.342 e.